The number of carbonyl (C=O) groups excluding carboxylic acids is 3. The highest BCUT2D eigenvalue weighted by molar-refractivity contribution is 6.44. The summed E-state index contributed by atoms with van der Waals surface area (Å²) >= 11 is 0. The number of likely N-dealkylation sites (tertiary alicyclic amines) is 1. The van der Waals surface area contributed by atoms with E-state index in [1.165, 1.54) is 29.2 Å². The van der Waals surface area contributed by atoms with Crippen LogP contribution in [0.15, 0.2) is 67.3 Å². The molecule has 2 heterocycles. The van der Waals surface area contributed by atoms with Gasteiger partial charge in [0.25, 0.3) is 5.91 Å². The first-order valence-corrected chi connectivity index (χ1v) is 10.2. The number of aromatic nitrogens is 2. The van der Waals surface area contributed by atoms with Gasteiger partial charge >= 0.3 is 0 Å². The molecule has 1 saturated heterocycles. The number of imidazole rings is 1. The van der Waals surface area contributed by atoms with Gasteiger partial charge in [-0.2, -0.15) is 0 Å². The Morgan fingerprint density at radius 2 is 1.78 bits per heavy atom. The molecule has 2 atom stereocenters. The number of Topliss-reactive ketones (excluding diaryl/α,β-unsaturated/α-hetero) is 2. The zero-order chi connectivity index (χ0) is 22.7. The molecular weight excluding hydrogens is 413 g/mol. The fourth-order valence-corrected chi connectivity index (χ4v) is 4.04. The van der Waals surface area contributed by atoms with Crippen molar-refractivity contribution < 1.29 is 23.5 Å². The van der Waals surface area contributed by atoms with Crippen molar-refractivity contribution >= 4 is 17.5 Å². The van der Waals surface area contributed by atoms with Crippen LogP contribution in [-0.4, -0.2) is 45.6 Å². The summed E-state index contributed by atoms with van der Waals surface area (Å²) in [4.78, 5) is 44.6. The van der Waals surface area contributed by atoms with E-state index in [4.69, 9.17) is 4.74 Å². The molecule has 4 rings (SSSR count). The number of ether oxygens (including phenoxy) is 1. The Kier molecular flexibility index (Phi) is 6.11. The Hall–Kier alpha value is -3.81. The lowest BCUT2D eigenvalue weighted by Gasteiger charge is -2.27. The Bertz CT molecular complexity index is 1110. The van der Waals surface area contributed by atoms with Crippen LogP contribution in [0.2, 0.25) is 0 Å². The van der Waals surface area contributed by atoms with E-state index in [0.717, 1.165) is 0 Å². The van der Waals surface area contributed by atoms with Gasteiger partial charge in [0.2, 0.25) is 5.78 Å². The van der Waals surface area contributed by atoms with Crippen LogP contribution >= 0.6 is 0 Å². The Morgan fingerprint density at radius 1 is 1.06 bits per heavy atom. The monoisotopic (exact) mass is 435 g/mol. The van der Waals surface area contributed by atoms with Crippen LogP contribution < -0.4 is 4.74 Å². The highest BCUT2D eigenvalue weighted by Gasteiger charge is 2.51. The molecule has 1 fully saturated rings. The number of carbonyl (C=O) groups is 3. The van der Waals surface area contributed by atoms with Crippen LogP contribution in [0.5, 0.6) is 5.75 Å². The lowest BCUT2D eigenvalue weighted by Crippen LogP contribution is -2.32. The fourth-order valence-electron chi connectivity index (χ4n) is 4.04. The summed E-state index contributed by atoms with van der Waals surface area (Å²) in [5, 5.41) is 0. The molecule has 2 aromatic carbocycles. The molecule has 0 saturated carbocycles. The van der Waals surface area contributed by atoms with Crippen molar-refractivity contribution in [1.29, 1.82) is 0 Å². The number of nitrogens with zero attached hydrogens (tertiary/aromatic N) is 3. The molecule has 2 unspecified atom stereocenters. The summed E-state index contributed by atoms with van der Waals surface area (Å²) < 4.78 is 20.4. The molecule has 1 aromatic heterocycles. The van der Waals surface area contributed by atoms with E-state index in [0.29, 0.717) is 30.8 Å². The van der Waals surface area contributed by atoms with Crippen LogP contribution in [0.25, 0.3) is 0 Å². The van der Waals surface area contributed by atoms with Crippen LogP contribution in [0.4, 0.5) is 4.39 Å². The van der Waals surface area contributed by atoms with Crippen molar-refractivity contribution in [2.75, 3.05) is 13.7 Å². The van der Waals surface area contributed by atoms with Gasteiger partial charge in [-0.1, -0.05) is 12.1 Å². The smallest absolute Gasteiger partial charge is 0.291 e. The van der Waals surface area contributed by atoms with Crippen LogP contribution in [0, 0.1) is 11.7 Å². The Balaban J connectivity index is 1.66. The first-order valence-electron chi connectivity index (χ1n) is 10.2. The highest BCUT2D eigenvalue weighted by atomic mass is 19.1. The van der Waals surface area contributed by atoms with Crippen LogP contribution in [0.1, 0.15) is 28.4 Å². The molecule has 8 heteroatoms. The van der Waals surface area contributed by atoms with Gasteiger partial charge in [0.1, 0.15) is 17.5 Å². The van der Waals surface area contributed by atoms with E-state index >= 15 is 0 Å². The zero-order valence-corrected chi connectivity index (χ0v) is 17.5. The molecule has 1 amide bonds. The summed E-state index contributed by atoms with van der Waals surface area (Å²) in [7, 11) is 1.54. The molecular formula is C24H22FN3O4. The maximum absolute atomic E-state index is 13.3. The molecule has 1 aliphatic heterocycles. The van der Waals surface area contributed by atoms with Gasteiger partial charge in [0.05, 0.1) is 19.5 Å². The summed E-state index contributed by atoms with van der Waals surface area (Å²) in [5.41, 5.74) is 0.851. The summed E-state index contributed by atoms with van der Waals surface area (Å²) in [6.07, 6.45) is 5.75. The average Bonchev–Trinajstić information content (AvgIpc) is 3.41. The minimum absolute atomic E-state index is 0.191. The average molecular weight is 435 g/mol. The van der Waals surface area contributed by atoms with Gasteiger partial charge in [-0.05, 0) is 48.4 Å². The minimum atomic E-state index is -1.20. The van der Waals surface area contributed by atoms with Gasteiger partial charge in [0, 0.05) is 31.0 Å². The van der Waals surface area contributed by atoms with Crippen molar-refractivity contribution in [3.05, 3.63) is 84.2 Å². The predicted molar refractivity (Wildman–Crippen MR) is 114 cm³/mol. The highest BCUT2D eigenvalue weighted by Crippen LogP contribution is 2.38. The number of amides is 1. The van der Waals surface area contributed by atoms with Crippen LogP contribution in [-0.2, 0) is 16.1 Å². The number of halogens is 1. The quantitative estimate of drug-likeness (QED) is 0.309. The summed E-state index contributed by atoms with van der Waals surface area (Å²) in [6, 6.07) is 11.2. The second-order valence-corrected chi connectivity index (χ2v) is 7.58. The van der Waals surface area contributed by atoms with E-state index in [9.17, 15) is 18.8 Å². The molecule has 0 N–H and O–H groups in total. The third-order valence-electron chi connectivity index (χ3n) is 5.65. The van der Waals surface area contributed by atoms with E-state index in [2.05, 4.69) is 4.98 Å². The fraction of sp³-hybridized carbons (Fsp3) is 0.250. The van der Waals surface area contributed by atoms with Gasteiger partial charge in [-0.15, -0.1) is 0 Å². The number of ketones is 2. The predicted octanol–water partition coefficient (Wildman–Crippen LogP) is 3.07. The second-order valence-electron chi connectivity index (χ2n) is 7.58. The van der Waals surface area contributed by atoms with E-state index in [-0.39, 0.29) is 5.56 Å². The number of benzene rings is 2. The number of methoxy groups -OCH3 is 1. The van der Waals surface area contributed by atoms with Crippen LogP contribution in [0.3, 0.4) is 0 Å². The Labute approximate surface area is 184 Å². The van der Waals surface area contributed by atoms with Gasteiger partial charge < -0.3 is 14.2 Å². The van der Waals surface area contributed by atoms with Gasteiger partial charge in [-0.25, -0.2) is 9.37 Å². The first kappa shape index (κ1) is 21.4. The minimum Gasteiger partial charge on any atom is -0.497 e. The summed E-state index contributed by atoms with van der Waals surface area (Å²) in [6.45, 7) is 0.913. The number of hydrogen-bond donors (Lipinski definition) is 0. The molecule has 0 bridgehead atoms. The molecule has 1 aliphatic rings. The second kappa shape index (κ2) is 9.13. The number of aryl methyl sites for hydroxylation is 1. The molecule has 0 aliphatic carbocycles. The van der Waals surface area contributed by atoms with E-state index in [1.807, 2.05) is 10.8 Å². The number of rotatable bonds is 8. The van der Waals surface area contributed by atoms with E-state index < -0.39 is 35.3 Å². The molecule has 164 valence electrons. The largest absolute Gasteiger partial charge is 0.497 e. The first-order chi connectivity index (χ1) is 15.5. The van der Waals surface area contributed by atoms with E-state index in [1.54, 1.807) is 43.9 Å². The molecule has 3 aromatic rings. The number of hydrogen-bond acceptors (Lipinski definition) is 5. The van der Waals surface area contributed by atoms with Crippen molar-refractivity contribution in [3.63, 3.8) is 0 Å². The van der Waals surface area contributed by atoms with Crippen molar-refractivity contribution in [3.8, 4) is 5.75 Å². The third kappa shape index (κ3) is 4.16. The molecule has 0 radical (unpaired) electrons. The molecule has 0 spiro atoms. The maximum Gasteiger partial charge on any atom is 0.291 e. The molecule has 7 nitrogen and oxygen atoms in total. The Morgan fingerprint density at radius 3 is 2.41 bits per heavy atom. The lowest BCUT2D eigenvalue weighted by molar-refractivity contribution is -0.140. The summed E-state index contributed by atoms with van der Waals surface area (Å²) in [5.74, 6) is -2.99. The van der Waals surface area contributed by atoms with Crippen molar-refractivity contribution in [1.82, 2.24) is 14.5 Å². The normalized spacial score (nSPS) is 18.2. The SMILES string of the molecule is COc1ccc(C2C(C(=O)c3ccc(F)cc3)C(=O)C(=O)N2CCCn2ccnc2)cc1. The van der Waals surface area contributed by atoms with Crippen molar-refractivity contribution in [2.24, 2.45) is 5.92 Å². The topological polar surface area (TPSA) is 81.5 Å². The standard InChI is InChI=1S/C24H22FN3O4/c1-32-19-9-5-16(6-10-19)21-20(22(29)17-3-7-18(25)8-4-17)23(30)24(31)28(21)13-2-12-27-14-11-26-15-27/h3-11,14-15,20-21H,2,12-13H2,1H3. The maximum atomic E-state index is 13.3. The van der Waals surface area contributed by atoms with Gasteiger partial charge in [-0.3, -0.25) is 14.4 Å². The van der Waals surface area contributed by atoms with Gasteiger partial charge in [0.15, 0.2) is 5.78 Å². The van der Waals surface area contributed by atoms with Crippen molar-refractivity contribution in [2.45, 2.75) is 19.0 Å². The lowest BCUT2D eigenvalue weighted by atomic mass is 9.86. The zero-order valence-electron chi connectivity index (χ0n) is 17.5. The molecule has 32 heavy (non-hydrogen) atoms. The third-order valence-corrected chi connectivity index (χ3v) is 5.65.